The highest BCUT2D eigenvalue weighted by atomic mass is 79.9. The number of Topliss-reactive ketones (excluding diaryl/α,β-unsaturated/α-hetero) is 1. The number of benzene rings is 2. The average Bonchev–Trinajstić information content (AvgIpc) is 2.46. The van der Waals surface area contributed by atoms with E-state index in [1.54, 1.807) is 12.1 Å². The molecule has 2 aromatic rings. The van der Waals surface area contributed by atoms with E-state index in [1.165, 1.54) is 0 Å². The largest absolute Gasteiger partial charge is 0.489 e. The van der Waals surface area contributed by atoms with E-state index >= 15 is 0 Å². The van der Waals surface area contributed by atoms with E-state index in [4.69, 9.17) is 16.3 Å². The fourth-order valence-corrected chi connectivity index (χ4v) is 2.23. The van der Waals surface area contributed by atoms with Crippen molar-refractivity contribution in [3.05, 3.63) is 64.1 Å². The molecule has 0 aromatic heterocycles. The van der Waals surface area contributed by atoms with E-state index in [-0.39, 0.29) is 11.7 Å². The van der Waals surface area contributed by atoms with Gasteiger partial charge in [0.05, 0.1) is 5.88 Å². The molecule has 0 aliphatic carbocycles. The number of rotatable bonds is 5. The van der Waals surface area contributed by atoms with Gasteiger partial charge in [0.1, 0.15) is 12.4 Å². The molecule has 0 atom stereocenters. The molecular weight excluding hydrogens is 328 g/mol. The Bertz CT molecular complexity index is 570. The first-order chi connectivity index (χ1) is 9.20. The van der Waals surface area contributed by atoms with Crippen molar-refractivity contribution in [2.24, 2.45) is 0 Å². The molecule has 0 amide bonds. The van der Waals surface area contributed by atoms with Crippen LogP contribution >= 0.6 is 27.5 Å². The molecule has 2 nitrogen and oxygen atoms in total. The van der Waals surface area contributed by atoms with Crippen molar-refractivity contribution in [2.45, 2.75) is 6.61 Å². The summed E-state index contributed by atoms with van der Waals surface area (Å²) in [6.45, 7) is 0.469. The molecule has 4 heteroatoms. The monoisotopic (exact) mass is 338 g/mol. The van der Waals surface area contributed by atoms with Gasteiger partial charge in [0.25, 0.3) is 0 Å². The molecule has 0 aliphatic heterocycles. The van der Waals surface area contributed by atoms with Crippen molar-refractivity contribution in [3.8, 4) is 5.75 Å². The number of hydrogen-bond acceptors (Lipinski definition) is 2. The molecule has 0 aliphatic rings. The number of carbonyl (C=O) groups is 1. The van der Waals surface area contributed by atoms with E-state index in [0.717, 1.165) is 10.0 Å². The van der Waals surface area contributed by atoms with Crippen molar-refractivity contribution < 1.29 is 9.53 Å². The summed E-state index contributed by atoms with van der Waals surface area (Å²) in [6, 6.07) is 15.2. The van der Waals surface area contributed by atoms with Crippen molar-refractivity contribution in [3.63, 3.8) is 0 Å². The van der Waals surface area contributed by atoms with Crippen LogP contribution < -0.4 is 4.74 Å². The molecule has 0 radical (unpaired) electrons. The van der Waals surface area contributed by atoms with Crippen molar-refractivity contribution >= 4 is 33.3 Å². The summed E-state index contributed by atoms with van der Waals surface area (Å²) < 4.78 is 6.39. The number of halogens is 2. The third-order valence-corrected chi connectivity index (χ3v) is 3.54. The molecule has 19 heavy (non-hydrogen) atoms. The maximum atomic E-state index is 11.6. The summed E-state index contributed by atoms with van der Waals surface area (Å²) in [5.74, 6) is 0.486. The Morgan fingerprint density at radius 1 is 1.16 bits per heavy atom. The second-order valence-electron chi connectivity index (χ2n) is 3.97. The predicted molar refractivity (Wildman–Crippen MR) is 80.0 cm³/mol. The van der Waals surface area contributed by atoms with Gasteiger partial charge in [-0.2, -0.15) is 0 Å². The van der Waals surface area contributed by atoms with Crippen LogP contribution in [0.15, 0.2) is 53.0 Å². The van der Waals surface area contributed by atoms with Gasteiger partial charge in [-0.05, 0) is 23.8 Å². The highest BCUT2D eigenvalue weighted by Gasteiger charge is 2.10. The normalized spacial score (nSPS) is 10.2. The molecule has 2 aromatic carbocycles. The lowest BCUT2D eigenvalue weighted by atomic mass is 10.1. The van der Waals surface area contributed by atoms with Crippen LogP contribution in [0.25, 0.3) is 0 Å². The maximum Gasteiger partial charge on any atom is 0.178 e. The number of ketones is 1. The van der Waals surface area contributed by atoms with Gasteiger partial charge in [-0.3, -0.25) is 4.79 Å². The molecule has 0 heterocycles. The van der Waals surface area contributed by atoms with Crippen LogP contribution in [0.2, 0.25) is 0 Å². The Morgan fingerprint density at radius 3 is 2.58 bits per heavy atom. The van der Waals surface area contributed by atoms with Crippen LogP contribution in [0, 0.1) is 0 Å². The highest BCUT2D eigenvalue weighted by molar-refractivity contribution is 9.10. The third-order valence-electron chi connectivity index (χ3n) is 2.61. The van der Waals surface area contributed by atoms with Crippen LogP contribution in [-0.4, -0.2) is 11.7 Å². The first kappa shape index (κ1) is 14.1. The van der Waals surface area contributed by atoms with Crippen LogP contribution in [0.4, 0.5) is 0 Å². The molecule has 0 N–H and O–H groups in total. The summed E-state index contributed by atoms with van der Waals surface area (Å²) in [6.07, 6.45) is 0. The van der Waals surface area contributed by atoms with Crippen molar-refractivity contribution in [1.82, 2.24) is 0 Å². The summed E-state index contributed by atoms with van der Waals surface area (Å²) in [5, 5.41) is 0. The number of hydrogen-bond donors (Lipinski definition) is 0. The Morgan fingerprint density at radius 2 is 1.89 bits per heavy atom. The van der Waals surface area contributed by atoms with Gasteiger partial charge in [0, 0.05) is 10.0 Å². The number of ether oxygens (including phenoxy) is 1. The molecule has 0 unspecified atom stereocenters. The Balaban J connectivity index is 2.11. The minimum Gasteiger partial charge on any atom is -0.489 e. The third kappa shape index (κ3) is 3.82. The summed E-state index contributed by atoms with van der Waals surface area (Å²) in [4.78, 5) is 11.6. The SMILES string of the molecule is O=C(CCl)c1cc(OCc2ccccc2)ccc1Br. The number of alkyl halides is 1. The fourth-order valence-electron chi connectivity index (χ4n) is 1.62. The van der Waals surface area contributed by atoms with Gasteiger partial charge in [-0.1, -0.05) is 46.3 Å². The smallest absolute Gasteiger partial charge is 0.178 e. The molecule has 0 spiro atoms. The van der Waals surface area contributed by atoms with E-state index in [9.17, 15) is 4.79 Å². The van der Waals surface area contributed by atoms with Crippen molar-refractivity contribution in [1.29, 1.82) is 0 Å². The van der Waals surface area contributed by atoms with Crippen molar-refractivity contribution in [2.75, 3.05) is 5.88 Å². The number of carbonyl (C=O) groups excluding carboxylic acids is 1. The standard InChI is InChI=1S/C15H12BrClO2/c16-14-7-6-12(8-13(14)15(18)9-17)19-10-11-4-2-1-3-5-11/h1-8H,9-10H2. The lowest BCUT2D eigenvalue weighted by Crippen LogP contribution is -2.03. The second kappa shape index (κ2) is 6.73. The van der Waals surface area contributed by atoms with Gasteiger partial charge in [0.2, 0.25) is 0 Å². The van der Waals surface area contributed by atoms with Gasteiger partial charge < -0.3 is 4.74 Å². The molecule has 0 saturated carbocycles. The molecule has 0 fully saturated rings. The average molecular weight is 340 g/mol. The fraction of sp³-hybridized carbons (Fsp3) is 0.133. The van der Waals surface area contributed by atoms with E-state index in [1.807, 2.05) is 36.4 Å². The molecule has 2 rings (SSSR count). The Labute approximate surface area is 125 Å². The van der Waals surface area contributed by atoms with Gasteiger partial charge >= 0.3 is 0 Å². The van der Waals surface area contributed by atoms with Crippen LogP contribution in [0.5, 0.6) is 5.75 Å². The van der Waals surface area contributed by atoms with Gasteiger partial charge in [0.15, 0.2) is 5.78 Å². The minimum absolute atomic E-state index is 0.0409. The molecule has 0 saturated heterocycles. The second-order valence-corrected chi connectivity index (χ2v) is 5.09. The quantitative estimate of drug-likeness (QED) is 0.594. The topological polar surface area (TPSA) is 26.3 Å². The zero-order valence-electron chi connectivity index (χ0n) is 10.1. The van der Waals surface area contributed by atoms with Crippen LogP contribution in [-0.2, 0) is 6.61 Å². The van der Waals surface area contributed by atoms with Crippen LogP contribution in [0.1, 0.15) is 15.9 Å². The Hall–Kier alpha value is -1.32. The zero-order chi connectivity index (χ0) is 13.7. The maximum absolute atomic E-state index is 11.6. The molecular formula is C15H12BrClO2. The van der Waals surface area contributed by atoms with Gasteiger partial charge in [-0.25, -0.2) is 0 Å². The Kier molecular flexibility index (Phi) is 5.00. The molecule has 98 valence electrons. The first-order valence-corrected chi connectivity index (χ1v) is 7.09. The van der Waals surface area contributed by atoms with E-state index in [2.05, 4.69) is 15.9 Å². The van der Waals surface area contributed by atoms with Gasteiger partial charge in [-0.15, -0.1) is 11.6 Å². The van der Waals surface area contributed by atoms with Crippen LogP contribution in [0.3, 0.4) is 0 Å². The summed E-state index contributed by atoms with van der Waals surface area (Å²) in [5.41, 5.74) is 1.62. The zero-order valence-corrected chi connectivity index (χ0v) is 12.4. The predicted octanol–water partition coefficient (Wildman–Crippen LogP) is 4.45. The molecule has 0 bridgehead atoms. The summed E-state index contributed by atoms with van der Waals surface area (Å²) in [7, 11) is 0. The lowest BCUT2D eigenvalue weighted by Gasteiger charge is -2.08. The van der Waals surface area contributed by atoms with E-state index in [0.29, 0.717) is 17.9 Å². The summed E-state index contributed by atoms with van der Waals surface area (Å²) >= 11 is 8.91. The lowest BCUT2D eigenvalue weighted by molar-refractivity contribution is 0.102. The highest BCUT2D eigenvalue weighted by Crippen LogP contribution is 2.24. The first-order valence-electron chi connectivity index (χ1n) is 5.76. The minimum atomic E-state index is -0.126. The van der Waals surface area contributed by atoms with E-state index < -0.39 is 0 Å².